The molecule has 0 aliphatic carbocycles. The van der Waals surface area contributed by atoms with Crippen molar-refractivity contribution in [3.05, 3.63) is 182 Å². The Bertz CT molecular complexity index is 2280. The van der Waals surface area contributed by atoms with Crippen LogP contribution in [0.2, 0.25) is 0 Å². The lowest BCUT2D eigenvalue weighted by Crippen LogP contribution is -2.25. The fourth-order valence-corrected chi connectivity index (χ4v) is 9.42. The van der Waals surface area contributed by atoms with Gasteiger partial charge in [0.1, 0.15) is 0 Å². The van der Waals surface area contributed by atoms with Gasteiger partial charge in [-0.2, -0.15) is 0 Å². The first kappa shape index (κ1) is 28.0. The summed E-state index contributed by atoms with van der Waals surface area (Å²) >= 11 is 0. The monoisotopic (exact) mass is 607 g/mol. The number of benzene rings is 7. The van der Waals surface area contributed by atoms with Crippen LogP contribution in [0.25, 0.3) is 54.9 Å². The molecule has 3 heteroatoms. The van der Waals surface area contributed by atoms with E-state index in [1.54, 1.807) is 0 Å². The Morgan fingerprint density at radius 3 is 1.28 bits per heavy atom. The van der Waals surface area contributed by atoms with Crippen molar-refractivity contribution in [1.82, 2.24) is 4.98 Å². The van der Waals surface area contributed by atoms with Crippen LogP contribution in [0.1, 0.15) is 0 Å². The summed E-state index contributed by atoms with van der Waals surface area (Å²) in [6.07, 6.45) is 3.67. The van der Waals surface area contributed by atoms with Crippen LogP contribution < -0.4 is 15.9 Å². The van der Waals surface area contributed by atoms with Gasteiger partial charge in [0, 0.05) is 28.3 Å². The lowest BCUT2D eigenvalue weighted by molar-refractivity contribution is 0.592. The second-order valence-electron chi connectivity index (χ2n) is 11.5. The second-order valence-corrected chi connectivity index (χ2v) is 14.3. The van der Waals surface area contributed by atoms with Crippen molar-refractivity contribution in [3.8, 4) is 33.4 Å². The van der Waals surface area contributed by atoms with Crippen molar-refractivity contribution >= 4 is 44.6 Å². The van der Waals surface area contributed by atoms with Gasteiger partial charge >= 0.3 is 0 Å². The van der Waals surface area contributed by atoms with Crippen LogP contribution >= 0.6 is 7.14 Å². The molecule has 1 heterocycles. The van der Waals surface area contributed by atoms with Crippen molar-refractivity contribution in [2.75, 3.05) is 0 Å². The molecule has 7 aromatic carbocycles. The van der Waals surface area contributed by atoms with Gasteiger partial charge in [0.05, 0.1) is 0 Å². The van der Waals surface area contributed by atoms with Crippen molar-refractivity contribution in [3.63, 3.8) is 0 Å². The fourth-order valence-electron chi connectivity index (χ4n) is 6.73. The third kappa shape index (κ3) is 4.76. The number of fused-ring (bicyclic) bond motifs is 2. The van der Waals surface area contributed by atoms with E-state index in [0.29, 0.717) is 0 Å². The first-order valence-electron chi connectivity index (χ1n) is 15.5. The molecule has 0 saturated heterocycles. The Labute approximate surface area is 269 Å². The minimum atomic E-state index is -3.14. The van der Waals surface area contributed by atoms with E-state index in [-0.39, 0.29) is 0 Å². The first-order valence-corrected chi connectivity index (χ1v) is 17.2. The van der Waals surface area contributed by atoms with Crippen LogP contribution in [0.15, 0.2) is 182 Å². The molecule has 8 rings (SSSR count). The number of aromatic nitrogens is 1. The van der Waals surface area contributed by atoms with E-state index in [1.807, 2.05) is 79.1 Å². The Balaban J connectivity index is 1.38. The Morgan fingerprint density at radius 1 is 0.348 bits per heavy atom. The highest BCUT2D eigenvalue weighted by atomic mass is 31.2. The predicted octanol–water partition coefficient (Wildman–Crippen LogP) is 10.0. The van der Waals surface area contributed by atoms with E-state index >= 15 is 4.57 Å². The van der Waals surface area contributed by atoms with E-state index in [4.69, 9.17) is 0 Å². The molecule has 0 bridgehead atoms. The molecule has 46 heavy (non-hydrogen) atoms. The maximum absolute atomic E-state index is 15.3. The van der Waals surface area contributed by atoms with Gasteiger partial charge in [0.25, 0.3) is 0 Å². The SMILES string of the molecule is O=P(c1ccccc1)(c1ccccc1)c1cccc(-c2c3ccccc3c(-c3cccc(-c4ccncc4)c3)c3ccccc23)c1. The molecule has 0 N–H and O–H groups in total. The van der Waals surface area contributed by atoms with Gasteiger partial charge in [0.2, 0.25) is 0 Å². The summed E-state index contributed by atoms with van der Waals surface area (Å²) in [5.74, 6) is 0. The summed E-state index contributed by atoms with van der Waals surface area (Å²) < 4.78 is 15.3. The summed E-state index contributed by atoms with van der Waals surface area (Å²) in [4.78, 5) is 4.21. The fraction of sp³-hybridized carbons (Fsp3) is 0. The number of pyridine rings is 1. The highest BCUT2D eigenvalue weighted by Gasteiger charge is 2.30. The summed E-state index contributed by atoms with van der Waals surface area (Å²) in [5, 5.41) is 7.18. The van der Waals surface area contributed by atoms with Gasteiger partial charge in [0.15, 0.2) is 7.14 Å². The molecule has 0 amide bonds. The van der Waals surface area contributed by atoms with E-state index in [9.17, 15) is 0 Å². The predicted molar refractivity (Wildman–Crippen MR) is 195 cm³/mol. The summed E-state index contributed by atoms with van der Waals surface area (Å²) in [7, 11) is -3.14. The molecule has 2 nitrogen and oxygen atoms in total. The van der Waals surface area contributed by atoms with Crippen LogP contribution in [-0.4, -0.2) is 4.98 Å². The highest BCUT2D eigenvalue weighted by molar-refractivity contribution is 7.85. The molecule has 0 aliphatic heterocycles. The maximum atomic E-state index is 15.3. The molecule has 0 unspecified atom stereocenters. The minimum Gasteiger partial charge on any atom is -0.309 e. The molecule has 0 atom stereocenters. The minimum absolute atomic E-state index is 0.824. The van der Waals surface area contributed by atoms with Crippen molar-refractivity contribution in [2.24, 2.45) is 0 Å². The second kappa shape index (κ2) is 11.7. The number of hydrogen-bond acceptors (Lipinski definition) is 2. The molecule has 218 valence electrons. The van der Waals surface area contributed by atoms with Gasteiger partial charge in [-0.05, 0) is 79.2 Å². The normalized spacial score (nSPS) is 11.6. The lowest BCUT2D eigenvalue weighted by Gasteiger charge is -2.22. The van der Waals surface area contributed by atoms with Crippen molar-refractivity contribution < 1.29 is 4.57 Å². The molecule has 0 saturated carbocycles. The largest absolute Gasteiger partial charge is 0.309 e. The molecular formula is C43H30NOP. The molecule has 8 aromatic rings. The van der Waals surface area contributed by atoms with Crippen LogP contribution in [0.4, 0.5) is 0 Å². The molecule has 0 fully saturated rings. The van der Waals surface area contributed by atoms with Gasteiger partial charge in [-0.15, -0.1) is 0 Å². The summed E-state index contributed by atoms with van der Waals surface area (Å²) in [6, 6.07) is 58.4. The molecule has 1 aromatic heterocycles. The van der Waals surface area contributed by atoms with Crippen LogP contribution in [0.5, 0.6) is 0 Å². The van der Waals surface area contributed by atoms with Gasteiger partial charge in [-0.3, -0.25) is 4.98 Å². The molecule has 0 radical (unpaired) electrons. The van der Waals surface area contributed by atoms with Crippen molar-refractivity contribution in [1.29, 1.82) is 0 Å². The van der Waals surface area contributed by atoms with Gasteiger partial charge in [-0.25, -0.2) is 0 Å². The molecule has 0 spiro atoms. The Morgan fingerprint density at radius 2 is 0.761 bits per heavy atom. The van der Waals surface area contributed by atoms with E-state index < -0.39 is 7.14 Å². The number of nitrogens with zero attached hydrogens (tertiary/aromatic N) is 1. The van der Waals surface area contributed by atoms with E-state index in [2.05, 4.69) is 108 Å². The van der Waals surface area contributed by atoms with Crippen LogP contribution in [-0.2, 0) is 4.57 Å². The zero-order valence-corrected chi connectivity index (χ0v) is 26.0. The highest BCUT2D eigenvalue weighted by Crippen LogP contribution is 2.46. The molecule has 0 aliphatic rings. The van der Waals surface area contributed by atoms with Crippen molar-refractivity contribution in [2.45, 2.75) is 0 Å². The first-order chi connectivity index (χ1) is 22.7. The van der Waals surface area contributed by atoms with Gasteiger partial charge in [-0.1, -0.05) is 146 Å². The standard InChI is InChI=1S/C43H30NOP/c45-46(35-16-3-1-4-17-35,36-18-5-2-6-19-36)37-20-12-15-34(30-37)43-40-23-9-7-21-38(40)42(39-22-8-10-24-41(39)43)33-14-11-13-32(29-33)31-25-27-44-28-26-31/h1-30H. The Hall–Kier alpha value is -5.56. The number of hydrogen-bond donors (Lipinski definition) is 0. The number of rotatable bonds is 6. The van der Waals surface area contributed by atoms with E-state index in [1.165, 1.54) is 21.9 Å². The quantitative estimate of drug-likeness (QED) is 0.139. The average Bonchev–Trinajstić information content (AvgIpc) is 3.14. The average molecular weight is 608 g/mol. The zero-order valence-electron chi connectivity index (χ0n) is 25.1. The third-order valence-corrected chi connectivity index (χ3v) is 11.9. The summed E-state index contributed by atoms with van der Waals surface area (Å²) in [6.45, 7) is 0. The molecular weight excluding hydrogens is 577 g/mol. The van der Waals surface area contributed by atoms with Gasteiger partial charge < -0.3 is 4.57 Å². The van der Waals surface area contributed by atoms with Crippen LogP contribution in [0.3, 0.4) is 0 Å². The van der Waals surface area contributed by atoms with Crippen LogP contribution in [0, 0.1) is 0 Å². The van der Waals surface area contributed by atoms with E-state index in [0.717, 1.165) is 48.9 Å². The third-order valence-electron chi connectivity index (χ3n) is 8.83. The topological polar surface area (TPSA) is 30.0 Å². The summed E-state index contributed by atoms with van der Waals surface area (Å²) in [5.41, 5.74) is 6.87. The lowest BCUT2D eigenvalue weighted by atomic mass is 9.85. The smallest absolute Gasteiger partial charge is 0.171 e. The Kier molecular flexibility index (Phi) is 7.14. The zero-order chi connectivity index (χ0) is 30.9. The maximum Gasteiger partial charge on any atom is 0.171 e.